The van der Waals surface area contributed by atoms with Crippen LogP contribution in [0.3, 0.4) is 0 Å². The molecule has 1 atom stereocenters. The summed E-state index contributed by atoms with van der Waals surface area (Å²) >= 11 is 0. The molecule has 6 nitrogen and oxygen atoms in total. The van der Waals surface area contributed by atoms with Gasteiger partial charge in [0.25, 0.3) is 0 Å². The number of hydrogen-bond acceptors (Lipinski definition) is 5. The Kier molecular flexibility index (Phi) is 7.29. The van der Waals surface area contributed by atoms with Gasteiger partial charge in [-0.3, -0.25) is 4.79 Å². The van der Waals surface area contributed by atoms with E-state index in [1.165, 1.54) is 6.20 Å². The Morgan fingerprint density at radius 1 is 1.30 bits per heavy atom. The second-order valence-electron chi connectivity index (χ2n) is 8.72. The van der Waals surface area contributed by atoms with Crippen LogP contribution in [-0.2, 0) is 9.39 Å². The van der Waals surface area contributed by atoms with Gasteiger partial charge in [0, 0.05) is 31.0 Å². The van der Waals surface area contributed by atoms with Gasteiger partial charge in [0.05, 0.1) is 17.5 Å². The van der Waals surface area contributed by atoms with Crippen molar-refractivity contribution in [3.8, 4) is 0 Å². The molecule has 2 fully saturated rings. The van der Waals surface area contributed by atoms with Crippen molar-refractivity contribution in [3.63, 3.8) is 0 Å². The van der Waals surface area contributed by atoms with Crippen LogP contribution in [0.5, 0.6) is 0 Å². The lowest BCUT2D eigenvalue weighted by atomic mass is 10.0. The highest BCUT2D eigenvalue weighted by atomic mass is 19.2. The number of ether oxygens (including phenoxy) is 1. The SMILES string of the molecule is CCOC(=O)c1cn(C2CC2)c2c(/C=C\CCC3CCCN3BOC)c(F)c(F)cc2c1=O. The molecule has 0 radical (unpaired) electrons. The zero-order valence-corrected chi connectivity index (χ0v) is 19.1. The van der Waals surface area contributed by atoms with Crippen LogP contribution < -0.4 is 5.43 Å². The smallest absolute Gasteiger partial charge is 0.363 e. The van der Waals surface area contributed by atoms with Gasteiger partial charge < -0.3 is 18.8 Å². The van der Waals surface area contributed by atoms with Crippen molar-refractivity contribution in [3.05, 3.63) is 51.3 Å². The molecule has 2 aromatic rings. The molecule has 2 aliphatic rings. The van der Waals surface area contributed by atoms with Crippen molar-refractivity contribution in [2.24, 2.45) is 0 Å². The van der Waals surface area contributed by atoms with Crippen LogP contribution in [0.15, 0.2) is 23.1 Å². The van der Waals surface area contributed by atoms with Gasteiger partial charge in [-0.2, -0.15) is 0 Å². The largest absolute Gasteiger partial charge is 0.462 e. The highest BCUT2D eigenvalue weighted by Crippen LogP contribution is 2.39. The van der Waals surface area contributed by atoms with E-state index in [0.717, 1.165) is 44.7 Å². The zero-order valence-electron chi connectivity index (χ0n) is 19.1. The van der Waals surface area contributed by atoms with Crippen LogP contribution in [0, 0.1) is 11.6 Å². The number of carbonyl (C=O) groups excluding carboxylic acids is 1. The summed E-state index contributed by atoms with van der Waals surface area (Å²) in [5, 5.41) is -0.00642. The first kappa shape index (κ1) is 23.6. The second-order valence-corrected chi connectivity index (χ2v) is 8.72. The molecular weight excluding hydrogens is 429 g/mol. The summed E-state index contributed by atoms with van der Waals surface area (Å²) in [5.74, 6) is -2.85. The third kappa shape index (κ3) is 4.89. The average Bonchev–Trinajstić information content (AvgIpc) is 3.54. The van der Waals surface area contributed by atoms with Crippen LogP contribution in [0.1, 0.15) is 67.4 Å². The van der Waals surface area contributed by atoms with Crippen molar-refractivity contribution in [1.29, 1.82) is 0 Å². The summed E-state index contributed by atoms with van der Waals surface area (Å²) in [6, 6.07) is 1.34. The summed E-state index contributed by atoms with van der Waals surface area (Å²) in [6.07, 6.45) is 10.3. The molecule has 4 rings (SSSR count). The number of nitrogens with zero attached hydrogens (tertiary/aromatic N) is 2. The van der Waals surface area contributed by atoms with Crippen LogP contribution in [0.25, 0.3) is 17.0 Å². The quantitative estimate of drug-likeness (QED) is 0.421. The molecule has 176 valence electrons. The van der Waals surface area contributed by atoms with E-state index in [2.05, 4.69) is 4.81 Å². The number of pyridine rings is 1. The Bertz CT molecular complexity index is 1130. The van der Waals surface area contributed by atoms with Gasteiger partial charge in [-0.1, -0.05) is 12.2 Å². The zero-order chi connectivity index (χ0) is 23.5. The molecule has 1 saturated heterocycles. The Labute approximate surface area is 192 Å². The van der Waals surface area contributed by atoms with Gasteiger partial charge in [-0.05, 0) is 58.1 Å². The minimum Gasteiger partial charge on any atom is -0.462 e. The fraction of sp³-hybridized carbons (Fsp3) is 0.500. The number of esters is 1. The van der Waals surface area contributed by atoms with Gasteiger partial charge in [-0.25, -0.2) is 13.6 Å². The van der Waals surface area contributed by atoms with Gasteiger partial charge in [0.15, 0.2) is 11.6 Å². The number of rotatable bonds is 9. The van der Waals surface area contributed by atoms with E-state index >= 15 is 0 Å². The van der Waals surface area contributed by atoms with E-state index in [4.69, 9.17) is 9.39 Å². The molecule has 1 unspecified atom stereocenters. The van der Waals surface area contributed by atoms with E-state index in [1.807, 2.05) is 6.08 Å². The molecule has 0 N–H and O–H groups in total. The van der Waals surface area contributed by atoms with E-state index in [-0.39, 0.29) is 29.2 Å². The van der Waals surface area contributed by atoms with E-state index < -0.39 is 23.0 Å². The van der Waals surface area contributed by atoms with Gasteiger partial charge in [0.2, 0.25) is 5.43 Å². The number of carbonyl (C=O) groups is 1. The Morgan fingerprint density at radius 3 is 2.79 bits per heavy atom. The summed E-state index contributed by atoms with van der Waals surface area (Å²) in [6.45, 7) is 2.77. The number of aromatic nitrogens is 1. The first-order valence-corrected chi connectivity index (χ1v) is 11.6. The molecule has 0 spiro atoms. The fourth-order valence-corrected chi connectivity index (χ4v) is 4.69. The fourth-order valence-electron chi connectivity index (χ4n) is 4.69. The molecule has 1 aromatic carbocycles. The summed E-state index contributed by atoms with van der Waals surface area (Å²) < 4.78 is 41.5. The summed E-state index contributed by atoms with van der Waals surface area (Å²) in [4.78, 5) is 27.6. The van der Waals surface area contributed by atoms with Crippen molar-refractivity contribution in [1.82, 2.24) is 9.38 Å². The number of allylic oxidation sites excluding steroid dienone is 1. The molecule has 0 amide bonds. The molecule has 33 heavy (non-hydrogen) atoms. The number of benzene rings is 1. The molecule has 1 saturated carbocycles. The Balaban J connectivity index is 1.70. The monoisotopic (exact) mass is 458 g/mol. The summed E-state index contributed by atoms with van der Waals surface area (Å²) in [7, 11) is 2.27. The van der Waals surface area contributed by atoms with E-state index in [0.29, 0.717) is 25.6 Å². The molecule has 1 aliphatic carbocycles. The third-order valence-corrected chi connectivity index (χ3v) is 6.42. The molecule has 1 aliphatic heterocycles. The van der Waals surface area contributed by atoms with Gasteiger partial charge in [0.1, 0.15) is 5.56 Å². The summed E-state index contributed by atoms with van der Waals surface area (Å²) in [5.41, 5.74) is -0.427. The number of halogens is 2. The van der Waals surface area contributed by atoms with Crippen molar-refractivity contribution in [2.45, 2.75) is 57.5 Å². The maximum Gasteiger partial charge on any atom is 0.363 e. The van der Waals surface area contributed by atoms with E-state index in [1.54, 1.807) is 24.7 Å². The molecule has 2 heterocycles. The van der Waals surface area contributed by atoms with Crippen molar-refractivity contribution >= 4 is 30.6 Å². The predicted molar refractivity (Wildman–Crippen MR) is 125 cm³/mol. The maximum absolute atomic E-state index is 14.9. The number of hydrogen-bond donors (Lipinski definition) is 0. The minimum absolute atomic E-state index is 0.00642. The average molecular weight is 458 g/mol. The van der Waals surface area contributed by atoms with Gasteiger partial charge >= 0.3 is 13.6 Å². The van der Waals surface area contributed by atoms with Crippen LogP contribution >= 0.6 is 0 Å². The lowest BCUT2D eigenvalue weighted by Gasteiger charge is -2.21. The van der Waals surface area contributed by atoms with Crippen LogP contribution in [0.4, 0.5) is 8.78 Å². The Hall–Kier alpha value is -2.52. The standard InChI is InChI=1S/C24H29BF2N2O4/c1-3-33-24(31)19-14-28(15-10-11-15)22-17(21(27)20(26)13-18(22)23(19)30)9-5-4-7-16-8-6-12-29(16)25-32-2/h5,9,13-16,25H,3-4,6-8,10-12H2,1-2H3/b9-5-. The van der Waals surface area contributed by atoms with E-state index in [9.17, 15) is 18.4 Å². The first-order chi connectivity index (χ1) is 16.0. The Morgan fingerprint density at radius 2 is 2.09 bits per heavy atom. The molecule has 1 aromatic heterocycles. The minimum atomic E-state index is -1.11. The highest BCUT2D eigenvalue weighted by molar-refractivity contribution is 6.23. The number of fused-ring (bicyclic) bond motifs is 1. The molecule has 0 bridgehead atoms. The highest BCUT2D eigenvalue weighted by Gasteiger charge is 2.30. The lowest BCUT2D eigenvalue weighted by molar-refractivity contribution is 0.0524. The normalized spacial score (nSPS) is 19.0. The van der Waals surface area contributed by atoms with Gasteiger partial charge in [-0.15, -0.1) is 0 Å². The van der Waals surface area contributed by atoms with Crippen LogP contribution in [-0.4, -0.2) is 49.3 Å². The first-order valence-electron chi connectivity index (χ1n) is 11.6. The molecular formula is C24H29BF2N2O4. The second kappa shape index (κ2) is 10.2. The predicted octanol–water partition coefficient (Wildman–Crippen LogP) is 3.96. The van der Waals surface area contributed by atoms with Crippen molar-refractivity contribution in [2.75, 3.05) is 20.3 Å². The third-order valence-electron chi connectivity index (χ3n) is 6.42. The topological polar surface area (TPSA) is 60.8 Å². The van der Waals surface area contributed by atoms with Crippen molar-refractivity contribution < 1.29 is 23.0 Å². The van der Waals surface area contributed by atoms with Crippen LogP contribution in [0.2, 0.25) is 0 Å². The molecule has 9 heteroatoms. The maximum atomic E-state index is 14.9. The lowest BCUT2D eigenvalue weighted by Crippen LogP contribution is -2.33.